The van der Waals surface area contributed by atoms with E-state index in [0.717, 1.165) is 12.1 Å². The van der Waals surface area contributed by atoms with Crippen LogP contribution in [0.2, 0.25) is 0 Å². The molecular formula is C24H23F3N4O2. The Bertz CT molecular complexity index is 1250. The first-order valence-electron chi connectivity index (χ1n) is 9.98. The fourth-order valence-corrected chi connectivity index (χ4v) is 3.27. The van der Waals surface area contributed by atoms with Gasteiger partial charge in [0.15, 0.2) is 11.1 Å². The summed E-state index contributed by atoms with van der Waals surface area (Å²) in [5.41, 5.74) is -1.02. The Kier molecular flexibility index (Phi) is 7.34. The van der Waals surface area contributed by atoms with Crippen LogP contribution in [0.1, 0.15) is 5.56 Å². The monoisotopic (exact) mass is 456 g/mol. The van der Waals surface area contributed by atoms with E-state index in [-0.39, 0.29) is 30.4 Å². The summed E-state index contributed by atoms with van der Waals surface area (Å²) in [5, 5.41) is 5.33. The number of methoxy groups -OCH3 is 1. The Morgan fingerprint density at radius 1 is 1.21 bits per heavy atom. The highest BCUT2D eigenvalue weighted by Gasteiger charge is 2.35. The Hall–Kier alpha value is -3.85. The second kappa shape index (κ2) is 10.2. The van der Waals surface area contributed by atoms with Crippen LogP contribution in [0.4, 0.5) is 24.8 Å². The van der Waals surface area contributed by atoms with Crippen LogP contribution in [0, 0.1) is 0 Å². The summed E-state index contributed by atoms with van der Waals surface area (Å²) < 4.78 is 48.4. The van der Waals surface area contributed by atoms with E-state index in [0.29, 0.717) is 11.4 Å². The van der Waals surface area contributed by atoms with Gasteiger partial charge in [-0.2, -0.15) is 13.2 Å². The van der Waals surface area contributed by atoms with Crippen LogP contribution in [-0.2, 0) is 10.9 Å². The van der Waals surface area contributed by atoms with Gasteiger partial charge in [0, 0.05) is 31.1 Å². The van der Waals surface area contributed by atoms with Gasteiger partial charge in [-0.25, -0.2) is 4.98 Å². The summed E-state index contributed by atoms with van der Waals surface area (Å²) in [6.45, 7) is 7.85. The van der Waals surface area contributed by atoms with Crippen LogP contribution in [0.3, 0.4) is 0 Å². The fourth-order valence-electron chi connectivity index (χ4n) is 3.27. The lowest BCUT2D eigenvalue weighted by Gasteiger charge is -2.20. The number of benzene rings is 1. The van der Waals surface area contributed by atoms with E-state index in [9.17, 15) is 18.0 Å². The van der Waals surface area contributed by atoms with Crippen molar-refractivity contribution in [3.8, 4) is 5.69 Å². The number of aromatic nitrogens is 2. The van der Waals surface area contributed by atoms with E-state index in [1.165, 1.54) is 23.8 Å². The maximum atomic E-state index is 14.0. The van der Waals surface area contributed by atoms with Crippen molar-refractivity contribution in [3.05, 3.63) is 95.3 Å². The van der Waals surface area contributed by atoms with Crippen LogP contribution < -0.4 is 16.1 Å². The molecule has 3 aromatic rings. The summed E-state index contributed by atoms with van der Waals surface area (Å²) in [4.78, 5) is 17.3. The van der Waals surface area contributed by atoms with Crippen molar-refractivity contribution in [2.45, 2.75) is 6.18 Å². The smallest absolute Gasteiger partial charge is 0.383 e. The van der Waals surface area contributed by atoms with Gasteiger partial charge in [0.1, 0.15) is 11.6 Å². The topological polar surface area (TPSA) is 68.2 Å². The highest BCUT2D eigenvalue weighted by Crippen LogP contribution is 2.36. The lowest BCUT2D eigenvalue weighted by atomic mass is 10.1. The Balaban J connectivity index is 2.41. The summed E-state index contributed by atoms with van der Waals surface area (Å²) in [5.74, 6) is 0.194. The molecule has 0 aliphatic heterocycles. The molecule has 9 heteroatoms. The molecule has 2 aromatic heterocycles. The van der Waals surface area contributed by atoms with E-state index in [1.807, 2.05) is 0 Å². The van der Waals surface area contributed by atoms with Gasteiger partial charge in [-0.1, -0.05) is 37.4 Å². The van der Waals surface area contributed by atoms with Crippen molar-refractivity contribution < 1.29 is 17.9 Å². The van der Waals surface area contributed by atoms with Crippen LogP contribution >= 0.6 is 0 Å². The molecule has 0 saturated carbocycles. The number of nitrogens with one attached hydrogen (secondary N) is 2. The first-order chi connectivity index (χ1) is 15.8. The second-order valence-electron chi connectivity index (χ2n) is 6.92. The second-order valence-corrected chi connectivity index (χ2v) is 6.92. The van der Waals surface area contributed by atoms with E-state index in [2.05, 4.69) is 28.8 Å². The van der Waals surface area contributed by atoms with Crippen molar-refractivity contribution in [3.63, 3.8) is 0 Å². The van der Waals surface area contributed by atoms with E-state index in [4.69, 9.17) is 4.74 Å². The number of rotatable bonds is 9. The third-order valence-electron chi connectivity index (χ3n) is 4.69. The maximum absolute atomic E-state index is 14.0. The van der Waals surface area contributed by atoms with Crippen LogP contribution in [0.5, 0.6) is 0 Å². The van der Waals surface area contributed by atoms with Gasteiger partial charge in [0.25, 0.3) is 0 Å². The maximum Gasteiger partial charge on any atom is 0.417 e. The van der Waals surface area contributed by atoms with Crippen LogP contribution in [0.15, 0.2) is 84.3 Å². The quantitative estimate of drug-likeness (QED) is 0.345. The normalized spacial score (nSPS) is 11.9. The molecule has 0 aliphatic carbocycles. The first-order valence-corrected chi connectivity index (χ1v) is 9.98. The van der Waals surface area contributed by atoms with Crippen molar-refractivity contribution >= 4 is 22.7 Å². The highest BCUT2D eigenvalue weighted by atomic mass is 19.4. The molecular weight excluding hydrogens is 433 g/mol. The number of hydrogen-bond donors (Lipinski definition) is 2. The SMILES string of the molecule is C=C/C=C(\C=C)Nc1cc(=O)c2c(C(F)(F)F)cc(NCCOC)nc2n1-c1ccccc1. The molecule has 0 amide bonds. The molecule has 0 saturated heterocycles. The van der Waals surface area contributed by atoms with Gasteiger partial charge in [0.05, 0.1) is 17.6 Å². The van der Waals surface area contributed by atoms with Crippen molar-refractivity contribution in [1.29, 1.82) is 0 Å². The Labute approximate surface area is 188 Å². The number of alkyl halides is 3. The molecule has 6 nitrogen and oxygen atoms in total. The molecule has 0 unspecified atom stereocenters. The average Bonchev–Trinajstić information content (AvgIpc) is 2.78. The lowest BCUT2D eigenvalue weighted by Crippen LogP contribution is -2.20. The van der Waals surface area contributed by atoms with Gasteiger partial charge >= 0.3 is 6.18 Å². The molecule has 2 N–H and O–H groups in total. The molecule has 172 valence electrons. The zero-order valence-corrected chi connectivity index (χ0v) is 17.9. The Morgan fingerprint density at radius 2 is 1.94 bits per heavy atom. The molecule has 0 atom stereocenters. The third kappa shape index (κ3) is 5.32. The number of hydrogen-bond acceptors (Lipinski definition) is 5. The molecule has 2 heterocycles. The van der Waals surface area contributed by atoms with E-state index in [1.54, 1.807) is 36.4 Å². The minimum Gasteiger partial charge on any atom is -0.383 e. The largest absolute Gasteiger partial charge is 0.417 e. The van der Waals surface area contributed by atoms with Gasteiger partial charge in [-0.05, 0) is 30.4 Å². The highest BCUT2D eigenvalue weighted by molar-refractivity contribution is 5.85. The predicted octanol–water partition coefficient (Wildman–Crippen LogP) is 5.13. The third-order valence-corrected chi connectivity index (χ3v) is 4.69. The standard InChI is InChI=1S/C24H23F3N4O2/c1-4-9-16(5-2)29-21-15-19(32)22-18(24(25,26)27)14-20(28-12-13-33-3)30-23(22)31(21)17-10-7-6-8-11-17/h4-11,14-15,29H,1-2,12-13H2,3H3,(H,28,30)/b16-9+. The summed E-state index contributed by atoms with van der Waals surface area (Å²) in [6, 6.07) is 10.6. The molecule has 0 spiro atoms. The number of para-hydroxylation sites is 1. The lowest BCUT2D eigenvalue weighted by molar-refractivity contribution is -0.136. The molecule has 1 aromatic carbocycles. The minimum absolute atomic E-state index is 0.0290. The van der Waals surface area contributed by atoms with Crippen molar-refractivity contribution in [1.82, 2.24) is 9.55 Å². The Morgan fingerprint density at radius 3 is 2.55 bits per heavy atom. The summed E-state index contributed by atoms with van der Waals surface area (Å²) in [7, 11) is 1.48. The van der Waals surface area contributed by atoms with Gasteiger partial charge in [-0.15, -0.1) is 0 Å². The number of allylic oxidation sites excluding steroid dienone is 3. The number of pyridine rings is 2. The van der Waals surface area contributed by atoms with Gasteiger partial charge in [0.2, 0.25) is 0 Å². The number of fused-ring (bicyclic) bond motifs is 1. The number of anilines is 2. The first kappa shape index (κ1) is 23.8. The van der Waals surface area contributed by atoms with Crippen molar-refractivity contribution in [2.24, 2.45) is 0 Å². The van der Waals surface area contributed by atoms with Crippen LogP contribution in [-0.4, -0.2) is 29.8 Å². The molecule has 0 radical (unpaired) electrons. The van der Waals surface area contributed by atoms with Gasteiger partial charge in [-0.3, -0.25) is 9.36 Å². The van der Waals surface area contributed by atoms with Gasteiger partial charge < -0.3 is 15.4 Å². The molecule has 0 fully saturated rings. The zero-order valence-electron chi connectivity index (χ0n) is 17.9. The summed E-state index contributed by atoms with van der Waals surface area (Å²) in [6.07, 6.45) is -0.123. The number of ether oxygens (including phenoxy) is 1. The van der Waals surface area contributed by atoms with E-state index >= 15 is 0 Å². The molecule has 0 bridgehead atoms. The van der Waals surface area contributed by atoms with Crippen molar-refractivity contribution in [2.75, 3.05) is 30.9 Å². The van der Waals surface area contributed by atoms with Crippen LogP contribution in [0.25, 0.3) is 16.7 Å². The molecule has 3 rings (SSSR count). The molecule has 33 heavy (non-hydrogen) atoms. The predicted molar refractivity (Wildman–Crippen MR) is 125 cm³/mol. The zero-order chi connectivity index (χ0) is 24.0. The average molecular weight is 456 g/mol. The van der Waals surface area contributed by atoms with E-state index < -0.39 is 22.6 Å². The molecule has 0 aliphatic rings. The number of nitrogens with zero attached hydrogens (tertiary/aromatic N) is 2. The number of halogens is 3. The minimum atomic E-state index is -4.77. The fraction of sp³-hybridized carbons (Fsp3) is 0.167. The summed E-state index contributed by atoms with van der Waals surface area (Å²) >= 11 is 0.